The molecule has 11 heteroatoms. The van der Waals surface area contributed by atoms with Gasteiger partial charge in [-0.15, -0.1) is 0 Å². The molecule has 1 aliphatic heterocycles. The number of fused-ring (bicyclic) bond motifs is 1. The molecule has 0 bridgehead atoms. The lowest BCUT2D eigenvalue weighted by molar-refractivity contribution is 0.0983. The van der Waals surface area contributed by atoms with Gasteiger partial charge in [-0.1, -0.05) is 6.92 Å². The number of benzene rings is 1. The molecular formula is C23H29F2N5O3S. The minimum absolute atomic E-state index is 0.0195. The number of pyridine rings is 1. The van der Waals surface area contributed by atoms with Gasteiger partial charge in [0.2, 0.25) is 0 Å². The molecular weight excluding hydrogens is 464 g/mol. The summed E-state index contributed by atoms with van der Waals surface area (Å²) in [5.74, 6) is -0.209. The number of hydrogen-bond donors (Lipinski definition) is 1. The SMILES string of the molecule is CCN(C)S(=O)NC(=O)c1cnn2ccc(N3CCCC3)cc12.FCCOc1ccc(F)cc1. The van der Waals surface area contributed by atoms with Crippen molar-refractivity contribution in [3.8, 4) is 5.75 Å². The Kier molecular flexibility index (Phi) is 9.34. The molecule has 1 saturated heterocycles. The zero-order valence-electron chi connectivity index (χ0n) is 19.2. The number of alkyl halides is 1. The summed E-state index contributed by atoms with van der Waals surface area (Å²) in [6.07, 6.45) is 5.76. The van der Waals surface area contributed by atoms with Crippen LogP contribution in [-0.4, -0.2) is 64.0 Å². The van der Waals surface area contributed by atoms with Crippen LogP contribution in [0.4, 0.5) is 14.5 Å². The molecule has 1 amide bonds. The topological polar surface area (TPSA) is 79.2 Å². The van der Waals surface area contributed by atoms with E-state index in [4.69, 9.17) is 4.74 Å². The number of carbonyl (C=O) groups is 1. The van der Waals surface area contributed by atoms with Crippen molar-refractivity contribution < 1.29 is 22.5 Å². The lowest BCUT2D eigenvalue weighted by Crippen LogP contribution is -2.36. The molecule has 1 aromatic carbocycles. The Morgan fingerprint density at radius 1 is 1.24 bits per heavy atom. The van der Waals surface area contributed by atoms with Gasteiger partial charge < -0.3 is 9.64 Å². The molecule has 8 nitrogen and oxygen atoms in total. The molecule has 0 spiro atoms. The van der Waals surface area contributed by atoms with E-state index in [1.54, 1.807) is 15.9 Å². The van der Waals surface area contributed by atoms with E-state index in [1.807, 2.05) is 25.3 Å². The highest BCUT2D eigenvalue weighted by molar-refractivity contribution is 7.81. The van der Waals surface area contributed by atoms with Gasteiger partial charge in [-0.2, -0.15) is 5.10 Å². The van der Waals surface area contributed by atoms with Crippen LogP contribution in [0.5, 0.6) is 5.75 Å². The van der Waals surface area contributed by atoms with Gasteiger partial charge in [0.15, 0.2) is 11.2 Å². The average molecular weight is 494 g/mol. The number of carbonyl (C=O) groups excluding carboxylic acids is 1. The monoisotopic (exact) mass is 493 g/mol. The molecule has 2 aromatic heterocycles. The fourth-order valence-corrected chi connectivity index (χ4v) is 3.99. The Morgan fingerprint density at radius 2 is 1.94 bits per heavy atom. The van der Waals surface area contributed by atoms with Gasteiger partial charge in [0.1, 0.15) is 24.8 Å². The number of halogens is 2. The number of aromatic nitrogens is 2. The van der Waals surface area contributed by atoms with E-state index >= 15 is 0 Å². The number of hydrogen-bond acceptors (Lipinski definition) is 5. The highest BCUT2D eigenvalue weighted by atomic mass is 32.2. The van der Waals surface area contributed by atoms with Crippen molar-refractivity contribution in [2.75, 3.05) is 44.9 Å². The third-order valence-electron chi connectivity index (χ3n) is 5.29. The Hall–Kier alpha value is -3.05. The number of anilines is 1. The molecule has 34 heavy (non-hydrogen) atoms. The first-order valence-corrected chi connectivity index (χ1v) is 12.1. The van der Waals surface area contributed by atoms with Gasteiger partial charge in [-0.3, -0.25) is 9.52 Å². The fourth-order valence-electron chi connectivity index (χ4n) is 3.33. The third kappa shape index (κ3) is 6.73. The van der Waals surface area contributed by atoms with E-state index < -0.39 is 17.8 Å². The summed E-state index contributed by atoms with van der Waals surface area (Å²) in [5, 5.41) is 4.20. The van der Waals surface area contributed by atoms with Gasteiger partial charge in [-0.25, -0.2) is 21.8 Å². The lowest BCUT2D eigenvalue weighted by atomic mass is 10.2. The first-order valence-electron chi connectivity index (χ1n) is 11.0. The number of ether oxygens (including phenoxy) is 1. The second kappa shape index (κ2) is 12.4. The van der Waals surface area contributed by atoms with Crippen LogP contribution in [0.1, 0.15) is 30.1 Å². The zero-order chi connectivity index (χ0) is 24.5. The quantitative estimate of drug-likeness (QED) is 0.521. The predicted molar refractivity (Wildman–Crippen MR) is 128 cm³/mol. The van der Waals surface area contributed by atoms with Crippen LogP contribution in [-0.2, 0) is 11.2 Å². The van der Waals surface area contributed by atoms with Crippen molar-refractivity contribution in [2.24, 2.45) is 0 Å². The maximum absolute atomic E-state index is 12.4. The third-order valence-corrected chi connectivity index (χ3v) is 6.47. The van der Waals surface area contributed by atoms with Crippen molar-refractivity contribution in [1.82, 2.24) is 18.6 Å². The largest absolute Gasteiger partial charge is 0.491 e. The molecule has 0 aliphatic carbocycles. The van der Waals surface area contributed by atoms with E-state index in [-0.39, 0.29) is 18.3 Å². The van der Waals surface area contributed by atoms with Crippen molar-refractivity contribution in [3.63, 3.8) is 0 Å². The summed E-state index contributed by atoms with van der Waals surface area (Å²) in [5.41, 5.74) is 2.25. The second-order valence-corrected chi connectivity index (χ2v) is 8.91. The van der Waals surface area contributed by atoms with E-state index in [1.165, 1.54) is 43.3 Å². The van der Waals surface area contributed by atoms with E-state index in [0.717, 1.165) is 24.3 Å². The smallest absolute Gasteiger partial charge is 0.267 e. The Morgan fingerprint density at radius 3 is 2.59 bits per heavy atom. The average Bonchev–Trinajstić information content (AvgIpc) is 3.53. The predicted octanol–water partition coefficient (Wildman–Crippen LogP) is 3.37. The van der Waals surface area contributed by atoms with Crippen LogP contribution in [0.25, 0.3) is 5.52 Å². The molecule has 1 aliphatic rings. The number of nitrogens with zero attached hydrogens (tertiary/aromatic N) is 4. The van der Waals surface area contributed by atoms with Gasteiger partial charge in [0.25, 0.3) is 5.91 Å². The summed E-state index contributed by atoms with van der Waals surface area (Å²) < 4.78 is 46.4. The van der Waals surface area contributed by atoms with Crippen LogP contribution in [0, 0.1) is 5.82 Å². The standard InChI is InChI=1S/C15H21N5O2S.C8H8F2O/c1-3-18(2)23(22)17-15(21)13-11-16-20-9-6-12(10-14(13)20)19-7-4-5-8-19;9-5-6-11-8-3-1-7(10)2-4-8/h6,9-11H,3-5,7-8H2,1-2H3,(H,17,21);1-4H,5-6H2. The minimum Gasteiger partial charge on any atom is -0.491 e. The molecule has 3 heterocycles. The molecule has 4 rings (SSSR count). The van der Waals surface area contributed by atoms with E-state index in [9.17, 15) is 17.8 Å². The number of rotatable bonds is 8. The molecule has 0 radical (unpaired) electrons. The van der Waals surface area contributed by atoms with Gasteiger partial charge >= 0.3 is 0 Å². The summed E-state index contributed by atoms with van der Waals surface area (Å²) >= 11 is -1.54. The highest BCUT2D eigenvalue weighted by Gasteiger charge is 2.19. The maximum Gasteiger partial charge on any atom is 0.267 e. The molecule has 1 atom stereocenters. The normalized spacial score (nSPS) is 14.1. The van der Waals surface area contributed by atoms with Gasteiger partial charge in [0, 0.05) is 38.6 Å². The van der Waals surface area contributed by atoms with Gasteiger partial charge in [-0.05, 0) is 49.2 Å². The Labute approximate surface area is 200 Å². The summed E-state index contributed by atoms with van der Waals surface area (Å²) in [6.45, 7) is 4.03. The summed E-state index contributed by atoms with van der Waals surface area (Å²) in [7, 11) is 1.69. The number of amides is 1. The zero-order valence-corrected chi connectivity index (χ0v) is 20.1. The van der Waals surface area contributed by atoms with Crippen molar-refractivity contribution in [1.29, 1.82) is 0 Å². The van der Waals surface area contributed by atoms with E-state index in [0.29, 0.717) is 17.9 Å². The number of nitrogens with one attached hydrogen (secondary N) is 1. The van der Waals surface area contributed by atoms with Crippen LogP contribution in [0.15, 0.2) is 48.8 Å². The Bertz CT molecular complexity index is 1100. The van der Waals surface area contributed by atoms with Crippen LogP contribution in [0.3, 0.4) is 0 Å². The second-order valence-electron chi connectivity index (χ2n) is 7.58. The molecule has 1 unspecified atom stereocenters. The first kappa shape index (κ1) is 25.6. The molecule has 184 valence electrons. The molecule has 1 N–H and O–H groups in total. The molecule has 0 saturated carbocycles. The highest BCUT2D eigenvalue weighted by Crippen LogP contribution is 2.23. The minimum atomic E-state index is -1.54. The van der Waals surface area contributed by atoms with Crippen molar-refractivity contribution in [2.45, 2.75) is 19.8 Å². The Balaban J connectivity index is 0.000000248. The summed E-state index contributed by atoms with van der Waals surface area (Å²) in [6, 6.07) is 9.45. The summed E-state index contributed by atoms with van der Waals surface area (Å²) in [4.78, 5) is 14.7. The first-order chi connectivity index (χ1) is 16.4. The maximum atomic E-state index is 12.4. The molecule has 1 fully saturated rings. The van der Waals surface area contributed by atoms with Gasteiger partial charge in [0.05, 0.1) is 17.3 Å². The van der Waals surface area contributed by atoms with E-state index in [2.05, 4.69) is 14.7 Å². The van der Waals surface area contributed by atoms with Crippen molar-refractivity contribution >= 4 is 28.3 Å². The lowest BCUT2D eigenvalue weighted by Gasteiger charge is -2.17. The van der Waals surface area contributed by atoms with Crippen LogP contribution >= 0.6 is 0 Å². The van der Waals surface area contributed by atoms with Crippen molar-refractivity contribution in [3.05, 3.63) is 60.2 Å². The molecule has 3 aromatic rings. The fraction of sp³-hybridized carbons (Fsp3) is 0.391. The van der Waals surface area contributed by atoms with Crippen LogP contribution in [0.2, 0.25) is 0 Å². The van der Waals surface area contributed by atoms with Crippen LogP contribution < -0.4 is 14.4 Å².